The Balaban J connectivity index is 0. The lowest BCUT2D eigenvalue weighted by molar-refractivity contribution is -2.00. The van der Waals surface area contributed by atoms with Crippen LogP contribution in [0.2, 0.25) is 0 Å². The van der Waals surface area contributed by atoms with Gasteiger partial charge in [-0.2, -0.15) is 0 Å². The van der Waals surface area contributed by atoms with E-state index in [2.05, 4.69) is 18.8 Å². The Labute approximate surface area is 59.2 Å². The summed E-state index contributed by atoms with van der Waals surface area (Å²) in [6, 6.07) is 0. The van der Waals surface area contributed by atoms with Crippen LogP contribution in [0.25, 0.3) is 0 Å². The summed E-state index contributed by atoms with van der Waals surface area (Å²) < 4.78 is 34.0. The zero-order valence-electron chi connectivity index (χ0n) is 5.42. The van der Waals surface area contributed by atoms with Crippen molar-refractivity contribution in [2.24, 2.45) is 0 Å². The second-order valence-corrected chi connectivity index (χ2v) is 4.81. The van der Waals surface area contributed by atoms with E-state index in [0.29, 0.717) is 10.9 Å². The summed E-state index contributed by atoms with van der Waals surface area (Å²) in [6.07, 6.45) is 6.58. The van der Waals surface area contributed by atoms with Crippen LogP contribution in [0.5, 0.6) is 0 Å². The minimum Gasteiger partial charge on any atom is -0.222 e. The van der Waals surface area contributed by atoms with Gasteiger partial charge < -0.3 is 0 Å². The molecule has 0 saturated carbocycles. The SMILES string of the molecule is C[S+](C)C.[O-][Cl+3]([O-])([O-])[O-]. The van der Waals surface area contributed by atoms with E-state index in [1.54, 1.807) is 0 Å². The van der Waals surface area contributed by atoms with E-state index >= 15 is 0 Å². The first-order chi connectivity index (χ1) is 3.73. The molecule has 0 fully saturated rings. The van der Waals surface area contributed by atoms with Crippen LogP contribution in [0.1, 0.15) is 0 Å². The normalized spacial score (nSPS) is 10.7. The van der Waals surface area contributed by atoms with Gasteiger partial charge in [0.15, 0.2) is 0 Å². The zero-order chi connectivity index (χ0) is 8.08. The Morgan fingerprint density at radius 3 is 0.889 bits per heavy atom. The van der Waals surface area contributed by atoms with Crippen LogP contribution in [0.3, 0.4) is 0 Å². The van der Waals surface area contributed by atoms with Gasteiger partial charge >= 0.3 is 0 Å². The van der Waals surface area contributed by atoms with Gasteiger partial charge in [0, 0.05) is 0 Å². The van der Waals surface area contributed by atoms with Crippen molar-refractivity contribution in [3.63, 3.8) is 0 Å². The molecule has 0 aliphatic heterocycles. The van der Waals surface area contributed by atoms with E-state index in [1.807, 2.05) is 0 Å². The molecule has 0 aliphatic carbocycles. The smallest absolute Gasteiger partial charge is 0.0969 e. The summed E-state index contributed by atoms with van der Waals surface area (Å²) in [6.45, 7) is 0. The second kappa shape index (κ2) is 5.28. The van der Waals surface area contributed by atoms with Crippen molar-refractivity contribution in [2.75, 3.05) is 18.8 Å². The quantitative estimate of drug-likeness (QED) is 0.350. The molecule has 9 heavy (non-hydrogen) atoms. The number of hydrogen-bond acceptors (Lipinski definition) is 4. The average molecular weight is 177 g/mol. The van der Waals surface area contributed by atoms with Crippen LogP contribution in [0.4, 0.5) is 0 Å². The summed E-state index contributed by atoms with van der Waals surface area (Å²) in [5, 5.41) is 0. The van der Waals surface area contributed by atoms with E-state index in [0.717, 1.165) is 0 Å². The van der Waals surface area contributed by atoms with Crippen molar-refractivity contribution < 1.29 is 28.9 Å². The second-order valence-electron chi connectivity index (χ2n) is 1.60. The summed E-state index contributed by atoms with van der Waals surface area (Å²) in [4.78, 5) is 0. The topological polar surface area (TPSA) is 92.2 Å². The first kappa shape index (κ1) is 12.2. The molecule has 0 radical (unpaired) electrons. The average Bonchev–Trinajstić information content (AvgIpc) is 1.19. The van der Waals surface area contributed by atoms with Crippen LogP contribution in [-0.2, 0) is 10.9 Å². The van der Waals surface area contributed by atoms with Crippen LogP contribution in [0, 0.1) is 10.2 Å². The largest absolute Gasteiger partial charge is 0.222 e. The van der Waals surface area contributed by atoms with Gasteiger partial charge in [0.1, 0.15) is 0 Å². The molecule has 0 unspecified atom stereocenters. The van der Waals surface area contributed by atoms with E-state index in [4.69, 9.17) is 18.6 Å². The lowest BCUT2D eigenvalue weighted by Crippen LogP contribution is -2.68. The molecule has 0 aromatic carbocycles. The molecule has 0 saturated heterocycles. The molecule has 0 atom stereocenters. The van der Waals surface area contributed by atoms with Gasteiger partial charge in [-0.15, -0.1) is 10.2 Å². The lowest BCUT2D eigenvalue weighted by atomic mass is 11.9. The summed E-state index contributed by atoms with van der Waals surface area (Å²) >= 11 is 0. The molecule has 0 amide bonds. The first-order valence-corrected chi connectivity index (χ1v) is 5.53. The Kier molecular flexibility index (Phi) is 7.15. The molecule has 0 heterocycles. The Morgan fingerprint density at radius 1 is 0.889 bits per heavy atom. The maximum Gasteiger partial charge on any atom is 0.0969 e. The van der Waals surface area contributed by atoms with Gasteiger partial charge in [0.25, 0.3) is 0 Å². The minimum atomic E-state index is -4.94. The molecule has 6 heteroatoms. The predicted octanol–water partition coefficient (Wildman–Crippen LogP) is -4.26. The molecule has 0 aromatic heterocycles. The first-order valence-electron chi connectivity index (χ1n) is 1.84. The fourth-order valence-corrected chi connectivity index (χ4v) is 0. The highest BCUT2D eigenvalue weighted by Gasteiger charge is 1.84. The fraction of sp³-hybridized carbons (Fsp3) is 1.00. The highest BCUT2D eigenvalue weighted by Crippen LogP contribution is 1.63. The van der Waals surface area contributed by atoms with Crippen LogP contribution < -0.4 is 18.6 Å². The Bertz CT molecular complexity index is 52.6. The van der Waals surface area contributed by atoms with Gasteiger partial charge in [0.2, 0.25) is 0 Å². The molecule has 4 nitrogen and oxygen atoms in total. The van der Waals surface area contributed by atoms with Crippen molar-refractivity contribution in [1.82, 2.24) is 0 Å². The highest BCUT2D eigenvalue weighted by atomic mass is 35.7. The third-order valence-corrected chi connectivity index (χ3v) is 0. The molecule has 0 rings (SSSR count). The molecule has 0 spiro atoms. The monoisotopic (exact) mass is 176 g/mol. The third kappa shape index (κ3) is 1550. The van der Waals surface area contributed by atoms with E-state index < -0.39 is 10.2 Å². The number of halogens is 1. The maximum atomic E-state index is 8.49. The van der Waals surface area contributed by atoms with Crippen molar-refractivity contribution in [3.8, 4) is 0 Å². The fourth-order valence-electron chi connectivity index (χ4n) is 0. The highest BCUT2D eigenvalue weighted by molar-refractivity contribution is 7.94. The molecule has 0 aliphatic rings. The standard InChI is InChI=1S/C3H9S.ClHO4/c1-4(2)3;2-1(3,4)5/h1-3H3;(H,2,3,4,5)/q+1;/p-1. The van der Waals surface area contributed by atoms with Gasteiger partial charge in [-0.3, -0.25) is 0 Å². The summed E-state index contributed by atoms with van der Waals surface area (Å²) in [7, 11) is -4.31. The Morgan fingerprint density at radius 2 is 0.889 bits per heavy atom. The van der Waals surface area contributed by atoms with Gasteiger partial charge in [-0.25, -0.2) is 18.6 Å². The maximum absolute atomic E-state index is 8.49. The minimum absolute atomic E-state index is 0.639. The van der Waals surface area contributed by atoms with Crippen molar-refractivity contribution in [1.29, 1.82) is 0 Å². The van der Waals surface area contributed by atoms with E-state index in [-0.39, 0.29) is 0 Å². The molecule has 0 N–H and O–H groups in total. The predicted molar refractivity (Wildman–Crippen MR) is 25.1 cm³/mol. The molecule has 0 bridgehead atoms. The molecule has 0 aromatic rings. The number of hydrogen-bond donors (Lipinski definition) is 0. The van der Waals surface area contributed by atoms with Crippen LogP contribution in [0.15, 0.2) is 0 Å². The Hall–Kier alpha value is 0.480. The van der Waals surface area contributed by atoms with E-state index in [1.165, 1.54) is 0 Å². The van der Waals surface area contributed by atoms with Gasteiger partial charge in [0.05, 0.1) is 18.8 Å². The van der Waals surface area contributed by atoms with Gasteiger partial charge in [-0.05, 0) is 10.9 Å². The summed E-state index contributed by atoms with van der Waals surface area (Å²) in [5.41, 5.74) is 0. The zero-order valence-corrected chi connectivity index (χ0v) is 6.99. The van der Waals surface area contributed by atoms with Crippen LogP contribution >= 0.6 is 0 Å². The lowest BCUT2D eigenvalue weighted by Gasteiger charge is -2.17. The number of rotatable bonds is 0. The van der Waals surface area contributed by atoms with E-state index in [9.17, 15) is 0 Å². The summed E-state index contributed by atoms with van der Waals surface area (Å²) in [5.74, 6) is 0. The van der Waals surface area contributed by atoms with Crippen LogP contribution in [-0.4, -0.2) is 18.8 Å². The molecule has 58 valence electrons. The van der Waals surface area contributed by atoms with Crippen molar-refractivity contribution in [3.05, 3.63) is 0 Å². The third-order valence-electron chi connectivity index (χ3n) is 0. The molecular weight excluding hydrogens is 168 g/mol. The van der Waals surface area contributed by atoms with Crippen molar-refractivity contribution in [2.45, 2.75) is 0 Å². The van der Waals surface area contributed by atoms with Gasteiger partial charge in [-0.1, -0.05) is 0 Å². The van der Waals surface area contributed by atoms with Crippen molar-refractivity contribution >= 4 is 10.9 Å². The molecular formula is C3H9ClO4S.